The lowest BCUT2D eigenvalue weighted by molar-refractivity contribution is 0.0240. The maximum absolute atomic E-state index is 12.3. The maximum atomic E-state index is 12.3. The van der Waals surface area contributed by atoms with Crippen LogP contribution in [0.1, 0.15) is 58.6 Å². The van der Waals surface area contributed by atoms with Crippen molar-refractivity contribution in [2.75, 3.05) is 44.2 Å². The highest BCUT2D eigenvalue weighted by Gasteiger charge is 2.30. The van der Waals surface area contributed by atoms with Crippen molar-refractivity contribution in [3.63, 3.8) is 0 Å². The van der Waals surface area contributed by atoms with E-state index in [0.29, 0.717) is 19.1 Å². The average Bonchev–Trinajstić information content (AvgIpc) is 2.67. The lowest BCUT2D eigenvalue weighted by atomic mass is 9.95. The zero-order valence-electron chi connectivity index (χ0n) is 17.3. The number of ether oxygens (including phenoxy) is 1. The fraction of sp³-hybridized carbons (Fsp3) is 0.714. The van der Waals surface area contributed by atoms with Gasteiger partial charge in [0.2, 0.25) is 0 Å². The summed E-state index contributed by atoms with van der Waals surface area (Å²) in [5.74, 6) is 1.09. The molecule has 1 amide bonds. The van der Waals surface area contributed by atoms with Crippen LogP contribution in [0.3, 0.4) is 0 Å². The van der Waals surface area contributed by atoms with E-state index in [1.807, 2.05) is 31.9 Å². The molecule has 150 valence electrons. The topological polar surface area (TPSA) is 48.9 Å². The van der Waals surface area contributed by atoms with Gasteiger partial charge in [0.15, 0.2) is 0 Å². The number of rotatable bonds is 3. The van der Waals surface area contributed by atoms with Gasteiger partial charge in [0.1, 0.15) is 11.4 Å². The molecule has 3 heterocycles. The van der Waals surface area contributed by atoms with Crippen LogP contribution in [0.25, 0.3) is 0 Å². The number of likely N-dealkylation sites (tertiary alicyclic amines) is 1. The predicted octanol–water partition coefficient (Wildman–Crippen LogP) is 3.69. The second kappa shape index (κ2) is 8.46. The van der Waals surface area contributed by atoms with Crippen molar-refractivity contribution in [3.05, 3.63) is 23.9 Å². The maximum Gasteiger partial charge on any atom is 0.410 e. The molecule has 6 nitrogen and oxygen atoms in total. The van der Waals surface area contributed by atoms with E-state index >= 15 is 0 Å². The minimum atomic E-state index is -0.451. The molecule has 0 N–H and O–H groups in total. The van der Waals surface area contributed by atoms with Crippen LogP contribution in [-0.4, -0.2) is 65.7 Å². The molecule has 27 heavy (non-hydrogen) atoms. The third-order valence-corrected chi connectivity index (χ3v) is 5.43. The van der Waals surface area contributed by atoms with Crippen molar-refractivity contribution in [1.29, 1.82) is 0 Å². The SMILES string of the molecule is CCN1CCCC[C@@H]1c1cccnc1N1CCN(C(=O)OC(C)(C)C)CC1. The number of hydrogen-bond acceptors (Lipinski definition) is 5. The van der Waals surface area contributed by atoms with Crippen molar-refractivity contribution >= 4 is 11.9 Å². The van der Waals surface area contributed by atoms with E-state index in [0.717, 1.165) is 25.5 Å². The second-order valence-corrected chi connectivity index (χ2v) is 8.51. The summed E-state index contributed by atoms with van der Waals surface area (Å²) in [5, 5.41) is 0. The average molecular weight is 375 g/mol. The van der Waals surface area contributed by atoms with E-state index in [1.54, 1.807) is 0 Å². The number of hydrogen-bond donors (Lipinski definition) is 0. The standard InChI is InChI=1S/C21H34N4O2/c1-5-23-12-7-6-10-18(23)17-9-8-11-22-19(17)24-13-15-25(16-14-24)20(26)27-21(2,3)4/h8-9,11,18H,5-7,10,12-16H2,1-4H3/t18-/m1/s1. The van der Waals surface area contributed by atoms with Gasteiger partial charge in [-0.3, -0.25) is 4.90 Å². The van der Waals surface area contributed by atoms with E-state index < -0.39 is 5.60 Å². The molecule has 0 spiro atoms. The highest BCUT2D eigenvalue weighted by molar-refractivity contribution is 5.68. The summed E-state index contributed by atoms with van der Waals surface area (Å²) in [6, 6.07) is 4.75. The van der Waals surface area contributed by atoms with Crippen molar-refractivity contribution in [1.82, 2.24) is 14.8 Å². The minimum absolute atomic E-state index is 0.215. The first-order valence-electron chi connectivity index (χ1n) is 10.3. The summed E-state index contributed by atoms with van der Waals surface area (Å²) in [5.41, 5.74) is 0.886. The second-order valence-electron chi connectivity index (χ2n) is 8.51. The Balaban J connectivity index is 1.69. The van der Waals surface area contributed by atoms with E-state index in [9.17, 15) is 4.79 Å². The largest absolute Gasteiger partial charge is 0.444 e. The zero-order chi connectivity index (χ0) is 19.4. The normalized spacial score (nSPS) is 22.0. The molecule has 2 aliphatic rings. The van der Waals surface area contributed by atoms with Crippen molar-refractivity contribution in [2.45, 2.75) is 58.6 Å². The third-order valence-electron chi connectivity index (χ3n) is 5.43. The van der Waals surface area contributed by atoms with Gasteiger partial charge in [-0.1, -0.05) is 19.4 Å². The summed E-state index contributed by atoms with van der Waals surface area (Å²) < 4.78 is 5.51. The van der Waals surface area contributed by atoms with Crippen molar-refractivity contribution in [2.24, 2.45) is 0 Å². The molecule has 2 fully saturated rings. The van der Waals surface area contributed by atoms with Gasteiger partial charge in [-0.2, -0.15) is 0 Å². The minimum Gasteiger partial charge on any atom is -0.444 e. The Hall–Kier alpha value is -1.82. The highest BCUT2D eigenvalue weighted by Crippen LogP contribution is 2.35. The predicted molar refractivity (Wildman–Crippen MR) is 108 cm³/mol. The number of carbonyl (C=O) groups is 1. The van der Waals surface area contributed by atoms with E-state index in [4.69, 9.17) is 9.72 Å². The van der Waals surface area contributed by atoms with Gasteiger partial charge in [-0.25, -0.2) is 9.78 Å². The van der Waals surface area contributed by atoms with Crippen LogP contribution < -0.4 is 4.90 Å². The lowest BCUT2D eigenvalue weighted by Gasteiger charge is -2.40. The van der Waals surface area contributed by atoms with Crippen LogP contribution in [0.4, 0.5) is 10.6 Å². The Kier molecular flexibility index (Phi) is 6.25. The van der Waals surface area contributed by atoms with Gasteiger partial charge < -0.3 is 14.5 Å². The highest BCUT2D eigenvalue weighted by atomic mass is 16.6. The smallest absolute Gasteiger partial charge is 0.410 e. The van der Waals surface area contributed by atoms with E-state index in [1.165, 1.54) is 31.4 Å². The van der Waals surface area contributed by atoms with Crippen LogP contribution in [0.15, 0.2) is 18.3 Å². The molecule has 0 aromatic carbocycles. The summed E-state index contributed by atoms with van der Waals surface area (Å²) in [6.07, 6.45) is 5.44. The van der Waals surface area contributed by atoms with Crippen LogP contribution in [0.5, 0.6) is 0 Å². The number of aromatic nitrogens is 1. The molecule has 0 radical (unpaired) electrons. The van der Waals surface area contributed by atoms with Crippen molar-refractivity contribution < 1.29 is 9.53 Å². The molecule has 0 aliphatic carbocycles. The molecule has 2 aliphatic heterocycles. The summed E-state index contributed by atoms with van der Waals surface area (Å²) in [6.45, 7) is 13.1. The molecule has 6 heteroatoms. The van der Waals surface area contributed by atoms with Gasteiger partial charge in [-0.15, -0.1) is 0 Å². The first-order chi connectivity index (χ1) is 12.9. The molecule has 0 unspecified atom stereocenters. The molecular formula is C21H34N4O2. The van der Waals surface area contributed by atoms with Gasteiger partial charge in [-0.05, 0) is 52.8 Å². The Morgan fingerprint density at radius 1 is 1.19 bits per heavy atom. The van der Waals surface area contributed by atoms with E-state index in [-0.39, 0.29) is 6.09 Å². The number of anilines is 1. The summed E-state index contributed by atoms with van der Waals surface area (Å²) >= 11 is 0. The molecular weight excluding hydrogens is 340 g/mol. The first-order valence-corrected chi connectivity index (χ1v) is 10.3. The Labute approximate surface area is 163 Å². The fourth-order valence-electron chi connectivity index (χ4n) is 4.08. The van der Waals surface area contributed by atoms with Gasteiger partial charge in [0.05, 0.1) is 0 Å². The number of pyridine rings is 1. The first kappa shape index (κ1) is 19.9. The Bertz CT molecular complexity index is 635. The molecule has 1 aromatic rings. The van der Waals surface area contributed by atoms with Gasteiger partial charge in [0, 0.05) is 44.0 Å². The van der Waals surface area contributed by atoms with E-state index in [2.05, 4.69) is 28.9 Å². The summed E-state index contributed by atoms with van der Waals surface area (Å²) in [4.78, 5) is 23.8. The quantitative estimate of drug-likeness (QED) is 0.808. The molecule has 1 aromatic heterocycles. The molecule has 2 saturated heterocycles. The molecule has 1 atom stereocenters. The molecule has 3 rings (SSSR count). The van der Waals surface area contributed by atoms with Crippen LogP contribution >= 0.6 is 0 Å². The number of nitrogens with zero attached hydrogens (tertiary/aromatic N) is 4. The van der Waals surface area contributed by atoms with Crippen LogP contribution in [0.2, 0.25) is 0 Å². The summed E-state index contributed by atoms with van der Waals surface area (Å²) in [7, 11) is 0. The van der Waals surface area contributed by atoms with Crippen LogP contribution in [0, 0.1) is 0 Å². The van der Waals surface area contributed by atoms with Gasteiger partial charge in [0.25, 0.3) is 0 Å². The number of amides is 1. The number of carbonyl (C=O) groups excluding carboxylic acids is 1. The fourth-order valence-corrected chi connectivity index (χ4v) is 4.08. The zero-order valence-corrected chi connectivity index (χ0v) is 17.3. The third kappa shape index (κ3) is 4.92. The molecule has 0 saturated carbocycles. The number of piperazine rings is 1. The van der Waals surface area contributed by atoms with Gasteiger partial charge >= 0.3 is 6.09 Å². The molecule has 0 bridgehead atoms. The Morgan fingerprint density at radius 3 is 2.59 bits per heavy atom. The lowest BCUT2D eigenvalue weighted by Crippen LogP contribution is -2.50. The Morgan fingerprint density at radius 2 is 1.93 bits per heavy atom. The van der Waals surface area contributed by atoms with Crippen molar-refractivity contribution in [3.8, 4) is 0 Å². The van der Waals surface area contributed by atoms with Crippen LogP contribution in [-0.2, 0) is 4.74 Å². The number of piperidine rings is 1. The monoisotopic (exact) mass is 374 g/mol.